The molecule has 2 aromatic rings. The largest absolute Gasteiger partial charge is 0.333 e. The first-order chi connectivity index (χ1) is 12.7. The van der Waals surface area contributed by atoms with Crippen LogP contribution in [0, 0.1) is 0 Å². The van der Waals surface area contributed by atoms with Gasteiger partial charge in [0.2, 0.25) is 5.91 Å². The molecular weight excluding hydrogens is 384 g/mol. The zero-order chi connectivity index (χ0) is 19.6. The molecule has 0 saturated carbocycles. The maximum absolute atomic E-state index is 12.1. The van der Waals surface area contributed by atoms with Crippen molar-refractivity contribution in [3.05, 3.63) is 28.2 Å². The van der Waals surface area contributed by atoms with Crippen LogP contribution in [0.15, 0.2) is 18.2 Å². The first-order valence-electron chi connectivity index (χ1n) is 9.10. The molecule has 1 aromatic heterocycles. The van der Waals surface area contributed by atoms with Crippen molar-refractivity contribution in [3.63, 3.8) is 0 Å². The number of hydrogen-bond donors (Lipinski definition) is 2. The molecule has 0 bridgehead atoms. The summed E-state index contributed by atoms with van der Waals surface area (Å²) in [6, 6.07) is 5.36. The second-order valence-corrected chi connectivity index (χ2v) is 9.47. The zero-order valence-electron chi connectivity index (χ0n) is 15.8. The van der Waals surface area contributed by atoms with E-state index in [0.29, 0.717) is 10.9 Å². The molecule has 0 atom stereocenters. The van der Waals surface area contributed by atoms with Gasteiger partial charge in [-0.05, 0) is 64.9 Å². The second kappa shape index (κ2) is 8.12. The van der Waals surface area contributed by atoms with Crippen molar-refractivity contribution in [2.75, 3.05) is 19.6 Å². The molecule has 1 aliphatic rings. The first-order valence-corrected chi connectivity index (χ1v) is 10.3. The number of imide groups is 1. The van der Waals surface area contributed by atoms with Crippen LogP contribution in [-0.2, 0) is 4.79 Å². The summed E-state index contributed by atoms with van der Waals surface area (Å²) in [5, 5.41) is 6.97. The number of fused-ring (bicyclic) bond motifs is 1. The van der Waals surface area contributed by atoms with E-state index in [0.717, 1.165) is 41.2 Å². The summed E-state index contributed by atoms with van der Waals surface area (Å²) in [6.45, 7) is 7.48. The number of urea groups is 1. The van der Waals surface area contributed by atoms with E-state index >= 15 is 0 Å². The van der Waals surface area contributed by atoms with Crippen molar-refractivity contribution >= 4 is 45.1 Å². The molecule has 146 valence electrons. The molecule has 0 spiro atoms. The summed E-state index contributed by atoms with van der Waals surface area (Å²) >= 11 is 7.77. The van der Waals surface area contributed by atoms with Crippen LogP contribution in [-0.4, -0.2) is 47.0 Å². The SMILES string of the molecule is CC(C)(C)NC(=O)NC(=O)CN1CCC(c2nc3cc(Cl)ccc3s2)CC1. The Labute approximate surface area is 168 Å². The van der Waals surface area contributed by atoms with E-state index in [1.54, 1.807) is 11.3 Å². The minimum atomic E-state index is -0.449. The maximum Gasteiger partial charge on any atom is 0.321 e. The summed E-state index contributed by atoms with van der Waals surface area (Å²) in [4.78, 5) is 30.7. The van der Waals surface area contributed by atoms with Crippen molar-refractivity contribution in [2.45, 2.75) is 45.1 Å². The lowest BCUT2D eigenvalue weighted by Gasteiger charge is -2.30. The predicted octanol–water partition coefficient (Wildman–Crippen LogP) is 3.75. The summed E-state index contributed by atoms with van der Waals surface area (Å²) in [6.07, 6.45) is 1.91. The van der Waals surface area contributed by atoms with Gasteiger partial charge in [0.1, 0.15) is 0 Å². The summed E-state index contributed by atoms with van der Waals surface area (Å²) in [7, 11) is 0. The van der Waals surface area contributed by atoms with Gasteiger partial charge in [0.15, 0.2) is 0 Å². The number of amides is 3. The van der Waals surface area contributed by atoms with Crippen LogP contribution >= 0.6 is 22.9 Å². The molecule has 2 N–H and O–H groups in total. The summed E-state index contributed by atoms with van der Waals surface area (Å²) < 4.78 is 1.15. The number of nitrogens with one attached hydrogen (secondary N) is 2. The number of carbonyl (C=O) groups is 2. The molecule has 8 heteroatoms. The van der Waals surface area contributed by atoms with Crippen molar-refractivity contribution < 1.29 is 9.59 Å². The molecular formula is C19H25ClN4O2S. The quantitative estimate of drug-likeness (QED) is 0.810. The van der Waals surface area contributed by atoms with Crippen LogP contribution in [0.3, 0.4) is 0 Å². The Morgan fingerprint density at radius 1 is 1.30 bits per heavy atom. The van der Waals surface area contributed by atoms with Crippen LogP contribution in [0.25, 0.3) is 10.2 Å². The van der Waals surface area contributed by atoms with Gasteiger partial charge in [-0.25, -0.2) is 9.78 Å². The normalized spacial score (nSPS) is 16.4. The number of aromatic nitrogens is 1. The van der Waals surface area contributed by atoms with Gasteiger partial charge in [-0.3, -0.25) is 15.0 Å². The van der Waals surface area contributed by atoms with Crippen LogP contribution in [0.1, 0.15) is 44.5 Å². The highest BCUT2D eigenvalue weighted by atomic mass is 35.5. The number of benzene rings is 1. The summed E-state index contributed by atoms with van der Waals surface area (Å²) in [5.74, 6) is 0.134. The Hall–Kier alpha value is -1.70. The minimum Gasteiger partial charge on any atom is -0.333 e. The number of rotatable bonds is 3. The monoisotopic (exact) mass is 408 g/mol. The molecule has 3 rings (SSSR count). The lowest BCUT2D eigenvalue weighted by molar-refractivity contribution is -0.121. The molecule has 1 fully saturated rings. The van der Waals surface area contributed by atoms with E-state index in [2.05, 4.69) is 15.5 Å². The maximum atomic E-state index is 12.1. The van der Waals surface area contributed by atoms with Crippen molar-refractivity contribution in [1.82, 2.24) is 20.5 Å². The molecule has 1 saturated heterocycles. The van der Waals surface area contributed by atoms with Gasteiger partial charge in [-0.15, -0.1) is 11.3 Å². The Morgan fingerprint density at radius 2 is 2.00 bits per heavy atom. The third-order valence-corrected chi connectivity index (χ3v) is 5.85. The van der Waals surface area contributed by atoms with E-state index in [9.17, 15) is 9.59 Å². The summed E-state index contributed by atoms with van der Waals surface area (Å²) in [5.41, 5.74) is 0.582. The highest BCUT2D eigenvalue weighted by molar-refractivity contribution is 7.18. The molecule has 6 nitrogen and oxygen atoms in total. The zero-order valence-corrected chi connectivity index (χ0v) is 17.4. The molecule has 2 heterocycles. The first kappa shape index (κ1) is 20.0. The average molecular weight is 409 g/mol. The molecule has 0 unspecified atom stereocenters. The highest BCUT2D eigenvalue weighted by Gasteiger charge is 2.25. The third-order valence-electron chi connectivity index (χ3n) is 4.41. The molecule has 0 aliphatic carbocycles. The molecule has 1 aliphatic heterocycles. The number of nitrogens with zero attached hydrogens (tertiary/aromatic N) is 2. The lowest BCUT2D eigenvalue weighted by atomic mass is 9.97. The smallest absolute Gasteiger partial charge is 0.321 e. The van der Waals surface area contributed by atoms with E-state index in [-0.39, 0.29) is 18.0 Å². The third kappa shape index (κ3) is 5.64. The number of carbonyl (C=O) groups excluding carboxylic acids is 2. The highest BCUT2D eigenvalue weighted by Crippen LogP contribution is 2.34. The average Bonchev–Trinajstić information content (AvgIpc) is 2.96. The van der Waals surface area contributed by atoms with Crippen LogP contribution in [0.5, 0.6) is 0 Å². The topological polar surface area (TPSA) is 74.3 Å². The Kier molecular flexibility index (Phi) is 6.03. The fourth-order valence-corrected chi connectivity index (χ4v) is 4.46. The number of halogens is 1. The van der Waals surface area contributed by atoms with E-state index in [1.807, 2.05) is 39.0 Å². The van der Waals surface area contributed by atoms with Gasteiger partial charge < -0.3 is 5.32 Å². The van der Waals surface area contributed by atoms with Crippen LogP contribution in [0.4, 0.5) is 4.79 Å². The van der Waals surface area contributed by atoms with Crippen molar-refractivity contribution in [3.8, 4) is 0 Å². The van der Waals surface area contributed by atoms with Crippen molar-refractivity contribution in [1.29, 1.82) is 0 Å². The fraction of sp³-hybridized carbons (Fsp3) is 0.526. The lowest BCUT2D eigenvalue weighted by Crippen LogP contribution is -2.50. The van der Waals surface area contributed by atoms with E-state index < -0.39 is 6.03 Å². The van der Waals surface area contributed by atoms with Gasteiger partial charge in [0.05, 0.1) is 21.8 Å². The number of hydrogen-bond acceptors (Lipinski definition) is 5. The number of likely N-dealkylation sites (tertiary alicyclic amines) is 1. The van der Waals surface area contributed by atoms with Crippen LogP contribution in [0.2, 0.25) is 5.02 Å². The number of thiazole rings is 1. The van der Waals surface area contributed by atoms with Gasteiger partial charge in [0, 0.05) is 16.5 Å². The van der Waals surface area contributed by atoms with Gasteiger partial charge in [0.25, 0.3) is 0 Å². The van der Waals surface area contributed by atoms with Gasteiger partial charge >= 0.3 is 6.03 Å². The van der Waals surface area contributed by atoms with Crippen molar-refractivity contribution in [2.24, 2.45) is 0 Å². The molecule has 1 aromatic carbocycles. The van der Waals surface area contributed by atoms with E-state index in [1.165, 1.54) is 0 Å². The number of piperidine rings is 1. The molecule has 0 radical (unpaired) electrons. The Bertz CT molecular complexity index is 838. The van der Waals surface area contributed by atoms with Gasteiger partial charge in [-0.1, -0.05) is 11.6 Å². The minimum absolute atomic E-state index is 0.236. The Morgan fingerprint density at radius 3 is 2.67 bits per heavy atom. The predicted molar refractivity (Wildman–Crippen MR) is 109 cm³/mol. The second-order valence-electron chi connectivity index (χ2n) is 7.97. The van der Waals surface area contributed by atoms with Crippen LogP contribution < -0.4 is 10.6 Å². The molecule has 27 heavy (non-hydrogen) atoms. The van der Waals surface area contributed by atoms with E-state index in [4.69, 9.17) is 16.6 Å². The Balaban J connectivity index is 1.49. The van der Waals surface area contributed by atoms with Gasteiger partial charge in [-0.2, -0.15) is 0 Å². The standard InChI is InChI=1S/C19H25ClN4O2S/c1-19(2,3)23-18(26)22-16(25)11-24-8-6-12(7-9-24)17-21-14-10-13(20)4-5-15(14)27-17/h4-5,10,12H,6-9,11H2,1-3H3,(H2,22,23,25,26). The molecule has 3 amide bonds. The fourth-order valence-electron chi connectivity index (χ4n) is 3.17.